The number of nitrogens with two attached hydrogens (primary N) is 1. The van der Waals surface area contributed by atoms with Crippen molar-refractivity contribution < 1.29 is 18.7 Å². The molecule has 10 heteroatoms. The molecule has 1 fully saturated rings. The normalized spacial score (nSPS) is 18.0. The predicted octanol–water partition coefficient (Wildman–Crippen LogP) is 3.76. The van der Waals surface area contributed by atoms with E-state index in [2.05, 4.69) is 15.3 Å². The lowest BCUT2D eigenvalue weighted by Crippen LogP contribution is -2.34. The van der Waals surface area contributed by atoms with Gasteiger partial charge < -0.3 is 20.7 Å². The molecular formula is C22H24FN5O3S. The largest absolute Gasteiger partial charge is 0.488 e. The van der Waals surface area contributed by atoms with E-state index in [-0.39, 0.29) is 18.1 Å². The molecule has 1 saturated carbocycles. The number of carbonyl (C=O) groups is 2. The molecule has 0 saturated heterocycles. The molecule has 1 aromatic carbocycles. The van der Waals surface area contributed by atoms with E-state index in [0.717, 1.165) is 12.8 Å². The molecule has 0 bridgehead atoms. The Bertz CT molecular complexity index is 1200. The summed E-state index contributed by atoms with van der Waals surface area (Å²) in [7, 11) is 1.79. The van der Waals surface area contributed by atoms with E-state index in [1.165, 1.54) is 29.8 Å². The van der Waals surface area contributed by atoms with Crippen LogP contribution in [0.3, 0.4) is 0 Å². The molecule has 0 spiro atoms. The molecule has 8 nitrogen and oxygen atoms in total. The van der Waals surface area contributed by atoms with Crippen molar-refractivity contribution in [2.75, 3.05) is 12.4 Å². The molecule has 1 aliphatic carbocycles. The smallest absolute Gasteiger partial charge is 0.259 e. The lowest BCUT2D eigenvalue weighted by molar-refractivity contribution is -0.129. The fourth-order valence-electron chi connectivity index (χ4n) is 4.04. The first-order valence-corrected chi connectivity index (χ1v) is 11.1. The molecule has 2 heterocycles. The second-order valence-corrected chi connectivity index (χ2v) is 8.92. The molecule has 2 atom stereocenters. The van der Waals surface area contributed by atoms with Crippen molar-refractivity contribution in [2.45, 2.75) is 45.3 Å². The summed E-state index contributed by atoms with van der Waals surface area (Å²) in [5, 5.41) is 3.89. The van der Waals surface area contributed by atoms with E-state index in [1.807, 2.05) is 0 Å². The number of carbonyl (C=O) groups excluding carboxylic acids is 2. The highest BCUT2D eigenvalue weighted by molar-refractivity contribution is 7.20. The summed E-state index contributed by atoms with van der Waals surface area (Å²) in [6.07, 6.45) is 3.53. The number of amides is 2. The van der Waals surface area contributed by atoms with Gasteiger partial charge >= 0.3 is 0 Å². The highest BCUT2D eigenvalue weighted by Gasteiger charge is 2.30. The molecular weight excluding hydrogens is 433 g/mol. The van der Waals surface area contributed by atoms with Gasteiger partial charge in [-0.2, -0.15) is 0 Å². The number of ether oxygens (including phenoxy) is 1. The van der Waals surface area contributed by atoms with E-state index in [1.54, 1.807) is 31.9 Å². The Morgan fingerprint density at radius 3 is 2.81 bits per heavy atom. The number of nitrogens with zero attached hydrogens (tertiary/aromatic N) is 3. The lowest BCUT2D eigenvalue weighted by Gasteiger charge is -2.23. The molecule has 3 aromatic rings. The van der Waals surface area contributed by atoms with Gasteiger partial charge in [-0.05, 0) is 37.5 Å². The Balaban J connectivity index is 1.61. The first-order chi connectivity index (χ1) is 15.2. The first-order valence-electron chi connectivity index (χ1n) is 10.2. The quantitative estimate of drug-likeness (QED) is 0.583. The zero-order valence-corrected chi connectivity index (χ0v) is 18.8. The summed E-state index contributed by atoms with van der Waals surface area (Å²) in [4.78, 5) is 34.7. The van der Waals surface area contributed by atoms with Gasteiger partial charge in [0.25, 0.3) is 5.91 Å². The van der Waals surface area contributed by atoms with Gasteiger partial charge in [-0.15, -0.1) is 11.3 Å². The summed E-state index contributed by atoms with van der Waals surface area (Å²) in [6.45, 7) is 3.33. The number of thiophene rings is 1. The van der Waals surface area contributed by atoms with Crippen LogP contribution >= 0.6 is 11.3 Å². The second-order valence-electron chi connectivity index (χ2n) is 7.93. The molecule has 2 amide bonds. The third-order valence-corrected chi connectivity index (χ3v) is 7.06. The minimum Gasteiger partial charge on any atom is -0.488 e. The van der Waals surface area contributed by atoms with Gasteiger partial charge in [-0.3, -0.25) is 9.59 Å². The maximum atomic E-state index is 14.0. The van der Waals surface area contributed by atoms with Crippen LogP contribution in [0.2, 0.25) is 0 Å². The van der Waals surface area contributed by atoms with E-state index in [4.69, 9.17) is 10.5 Å². The molecule has 168 valence electrons. The molecule has 0 aliphatic heterocycles. The van der Waals surface area contributed by atoms with Gasteiger partial charge in [0.2, 0.25) is 5.91 Å². The molecule has 2 aromatic heterocycles. The summed E-state index contributed by atoms with van der Waals surface area (Å²) >= 11 is 1.21. The average Bonchev–Trinajstić information content (AvgIpc) is 3.34. The SMILES string of the molecule is CC(=O)N(C)[C@H]1CC[C@H](Oc2cc(F)ccc2Nc2ncnc3sc(C(N)=O)c(C)c23)C1. The number of halogens is 1. The van der Waals surface area contributed by atoms with Crippen LogP contribution in [0.25, 0.3) is 10.2 Å². The summed E-state index contributed by atoms with van der Waals surface area (Å²) in [5.41, 5.74) is 6.71. The topological polar surface area (TPSA) is 110 Å². The van der Waals surface area contributed by atoms with Crippen LogP contribution in [0.4, 0.5) is 15.9 Å². The standard InChI is InChI=1S/C22H24FN5O3S/c1-11-18-21(25-10-26-22(18)32-19(11)20(24)30)27-16-7-4-13(23)8-17(16)31-15-6-5-14(9-15)28(3)12(2)29/h4,7-8,10,14-15H,5-6,9H2,1-3H3,(H2,24,30)(H,25,26,27)/t14-,15-/m0/s1. The minimum absolute atomic E-state index is 0.0120. The van der Waals surface area contributed by atoms with Crippen molar-refractivity contribution >= 4 is 44.9 Å². The van der Waals surface area contributed by atoms with E-state index < -0.39 is 11.7 Å². The highest BCUT2D eigenvalue weighted by Crippen LogP contribution is 2.37. The van der Waals surface area contributed by atoms with Crippen LogP contribution < -0.4 is 15.8 Å². The van der Waals surface area contributed by atoms with Crippen LogP contribution in [0.1, 0.15) is 41.4 Å². The fourth-order valence-corrected chi connectivity index (χ4v) is 5.04. The van der Waals surface area contributed by atoms with Crippen molar-refractivity contribution in [3.8, 4) is 5.75 Å². The number of benzene rings is 1. The van der Waals surface area contributed by atoms with Crippen molar-refractivity contribution in [1.82, 2.24) is 14.9 Å². The molecule has 0 radical (unpaired) electrons. The Morgan fingerprint density at radius 2 is 2.09 bits per heavy atom. The molecule has 3 N–H and O–H groups in total. The Morgan fingerprint density at radius 1 is 1.31 bits per heavy atom. The fraction of sp³-hybridized carbons (Fsp3) is 0.364. The van der Waals surface area contributed by atoms with Crippen LogP contribution in [0.15, 0.2) is 24.5 Å². The minimum atomic E-state index is -0.520. The maximum Gasteiger partial charge on any atom is 0.259 e. The zero-order chi connectivity index (χ0) is 23.0. The van der Waals surface area contributed by atoms with Gasteiger partial charge in [-0.25, -0.2) is 14.4 Å². The van der Waals surface area contributed by atoms with Gasteiger partial charge in [0, 0.05) is 32.5 Å². The van der Waals surface area contributed by atoms with Gasteiger partial charge in [0.1, 0.15) is 34.6 Å². The number of nitrogens with one attached hydrogen (secondary N) is 1. The third kappa shape index (κ3) is 4.22. The van der Waals surface area contributed by atoms with Crippen LogP contribution in [-0.2, 0) is 4.79 Å². The van der Waals surface area contributed by atoms with E-state index in [0.29, 0.717) is 44.3 Å². The summed E-state index contributed by atoms with van der Waals surface area (Å²) < 4.78 is 20.2. The van der Waals surface area contributed by atoms with Crippen molar-refractivity contribution in [2.24, 2.45) is 5.73 Å². The third-order valence-electron chi connectivity index (χ3n) is 5.84. The zero-order valence-electron chi connectivity index (χ0n) is 18.0. The van der Waals surface area contributed by atoms with Crippen LogP contribution in [-0.4, -0.2) is 45.9 Å². The highest BCUT2D eigenvalue weighted by atomic mass is 32.1. The number of primary amides is 1. The second kappa shape index (κ2) is 8.70. The average molecular weight is 458 g/mol. The van der Waals surface area contributed by atoms with Gasteiger partial charge in [-0.1, -0.05) is 0 Å². The summed E-state index contributed by atoms with van der Waals surface area (Å²) in [5.74, 6) is -0.0905. The number of aromatic nitrogens is 2. The van der Waals surface area contributed by atoms with Crippen LogP contribution in [0.5, 0.6) is 5.75 Å². The Labute approximate surface area is 188 Å². The van der Waals surface area contributed by atoms with Gasteiger partial charge in [0.05, 0.1) is 16.0 Å². The monoisotopic (exact) mass is 457 g/mol. The predicted molar refractivity (Wildman–Crippen MR) is 121 cm³/mol. The van der Waals surface area contributed by atoms with Crippen molar-refractivity contribution in [1.29, 1.82) is 0 Å². The number of hydrogen-bond donors (Lipinski definition) is 2. The first kappa shape index (κ1) is 21.9. The molecule has 1 aliphatic rings. The van der Waals surface area contributed by atoms with Crippen molar-refractivity contribution in [3.05, 3.63) is 40.8 Å². The molecule has 0 unspecified atom stereocenters. The van der Waals surface area contributed by atoms with Gasteiger partial charge in [0.15, 0.2) is 0 Å². The maximum absolute atomic E-state index is 14.0. The van der Waals surface area contributed by atoms with Crippen molar-refractivity contribution in [3.63, 3.8) is 0 Å². The molecule has 4 rings (SSSR count). The molecule has 32 heavy (non-hydrogen) atoms. The number of aryl methyl sites for hydroxylation is 1. The van der Waals surface area contributed by atoms with E-state index in [9.17, 15) is 14.0 Å². The number of hydrogen-bond acceptors (Lipinski definition) is 7. The number of rotatable bonds is 6. The van der Waals surface area contributed by atoms with E-state index >= 15 is 0 Å². The summed E-state index contributed by atoms with van der Waals surface area (Å²) in [6, 6.07) is 4.36. The lowest BCUT2D eigenvalue weighted by atomic mass is 10.2. The Kier molecular flexibility index (Phi) is 5.96. The number of anilines is 2. The van der Waals surface area contributed by atoms with Crippen LogP contribution in [0, 0.1) is 12.7 Å². The Hall–Kier alpha value is -3.27. The number of fused-ring (bicyclic) bond motifs is 1.